The van der Waals surface area contributed by atoms with Gasteiger partial charge in [0.05, 0.1) is 5.56 Å². The predicted octanol–water partition coefficient (Wildman–Crippen LogP) is 2.16. The molecule has 0 radical (unpaired) electrons. The van der Waals surface area contributed by atoms with Crippen LogP contribution in [-0.4, -0.2) is 47.0 Å². The number of pyridine rings is 1. The Morgan fingerprint density at radius 1 is 1.35 bits per heavy atom. The summed E-state index contributed by atoms with van der Waals surface area (Å²) >= 11 is 6.79. The first kappa shape index (κ1) is 13.3. The molecule has 0 unspecified atom stereocenters. The first-order valence-electron chi connectivity index (χ1n) is 6.37. The summed E-state index contributed by atoms with van der Waals surface area (Å²) in [5.74, 6) is 0.00522. The summed E-state index contributed by atoms with van der Waals surface area (Å²) in [6.07, 6.45) is 3.54. The van der Waals surface area contributed by atoms with Crippen LogP contribution >= 0.6 is 23.6 Å². The molecule has 1 aliphatic heterocycles. The molecule has 1 N–H and O–H groups in total. The molecule has 5 nitrogen and oxygen atoms in total. The topological polar surface area (TPSA) is 52.2 Å². The third-order valence-corrected chi connectivity index (χ3v) is 4.48. The number of thiazole rings is 1. The molecule has 3 heterocycles. The van der Waals surface area contributed by atoms with Crippen LogP contribution in [0.2, 0.25) is 0 Å². The zero-order chi connectivity index (χ0) is 13.9. The number of amides is 1. The van der Waals surface area contributed by atoms with Crippen LogP contribution in [0.5, 0.6) is 0 Å². The second-order valence-electron chi connectivity index (χ2n) is 4.51. The zero-order valence-electron chi connectivity index (χ0n) is 10.8. The minimum atomic E-state index is 0.00522. The number of hydrogen-bond donors (Lipinski definition) is 1. The number of aromatic amines is 1. The number of aromatic nitrogens is 2. The largest absolute Gasteiger partial charge is 0.352 e. The van der Waals surface area contributed by atoms with E-state index in [1.54, 1.807) is 35.9 Å². The van der Waals surface area contributed by atoms with Crippen molar-refractivity contribution < 1.29 is 4.79 Å². The van der Waals surface area contributed by atoms with Crippen molar-refractivity contribution in [3.05, 3.63) is 40.1 Å². The van der Waals surface area contributed by atoms with E-state index in [0.717, 1.165) is 18.2 Å². The summed E-state index contributed by atoms with van der Waals surface area (Å²) in [6, 6.07) is 3.57. The molecule has 1 saturated heterocycles. The highest BCUT2D eigenvalue weighted by molar-refractivity contribution is 7.71. The SMILES string of the molecule is O=C(c1ccc[nH]c1=S)N1CCN(c2nccs2)CC1. The van der Waals surface area contributed by atoms with Crippen molar-refractivity contribution in [2.45, 2.75) is 0 Å². The molecule has 1 fully saturated rings. The van der Waals surface area contributed by atoms with Crippen LogP contribution in [-0.2, 0) is 0 Å². The molecule has 104 valence electrons. The number of rotatable bonds is 2. The van der Waals surface area contributed by atoms with Crippen LogP contribution in [0.3, 0.4) is 0 Å². The summed E-state index contributed by atoms with van der Waals surface area (Å²) < 4.78 is 0.500. The van der Waals surface area contributed by atoms with E-state index in [0.29, 0.717) is 23.3 Å². The maximum Gasteiger partial charge on any atom is 0.256 e. The minimum Gasteiger partial charge on any atom is -0.352 e. The number of anilines is 1. The molecule has 2 aromatic rings. The van der Waals surface area contributed by atoms with Crippen molar-refractivity contribution in [1.29, 1.82) is 0 Å². The van der Waals surface area contributed by atoms with E-state index in [2.05, 4.69) is 14.9 Å². The second-order valence-corrected chi connectivity index (χ2v) is 5.79. The molecule has 1 amide bonds. The van der Waals surface area contributed by atoms with Gasteiger partial charge in [0.1, 0.15) is 4.64 Å². The molecule has 1 aliphatic rings. The molecule has 20 heavy (non-hydrogen) atoms. The van der Waals surface area contributed by atoms with Gasteiger partial charge in [0.2, 0.25) is 0 Å². The highest BCUT2D eigenvalue weighted by Crippen LogP contribution is 2.19. The van der Waals surface area contributed by atoms with Crippen molar-refractivity contribution in [3.63, 3.8) is 0 Å². The van der Waals surface area contributed by atoms with E-state index in [9.17, 15) is 4.79 Å². The Morgan fingerprint density at radius 2 is 2.15 bits per heavy atom. The van der Waals surface area contributed by atoms with E-state index in [-0.39, 0.29) is 5.91 Å². The van der Waals surface area contributed by atoms with Gasteiger partial charge in [0, 0.05) is 44.0 Å². The van der Waals surface area contributed by atoms with Gasteiger partial charge in [0.15, 0.2) is 5.13 Å². The minimum absolute atomic E-state index is 0.00522. The van der Waals surface area contributed by atoms with Gasteiger partial charge in [-0.15, -0.1) is 11.3 Å². The lowest BCUT2D eigenvalue weighted by molar-refractivity contribution is 0.0746. The van der Waals surface area contributed by atoms with Gasteiger partial charge in [-0.25, -0.2) is 4.98 Å². The number of nitrogens with zero attached hydrogens (tertiary/aromatic N) is 3. The smallest absolute Gasteiger partial charge is 0.256 e. The van der Waals surface area contributed by atoms with Crippen LogP contribution in [0.25, 0.3) is 0 Å². The van der Waals surface area contributed by atoms with Crippen LogP contribution in [0, 0.1) is 4.64 Å². The van der Waals surface area contributed by atoms with E-state index in [1.807, 2.05) is 10.3 Å². The van der Waals surface area contributed by atoms with E-state index in [1.165, 1.54) is 0 Å². The normalized spacial score (nSPS) is 15.4. The molecule has 0 saturated carbocycles. The van der Waals surface area contributed by atoms with E-state index in [4.69, 9.17) is 12.2 Å². The Labute approximate surface area is 125 Å². The average molecular weight is 306 g/mol. The summed E-state index contributed by atoms with van der Waals surface area (Å²) in [5, 5.41) is 2.99. The molecule has 0 spiro atoms. The Hall–Kier alpha value is -1.73. The molecule has 3 rings (SSSR count). The van der Waals surface area contributed by atoms with Gasteiger partial charge in [-0.2, -0.15) is 0 Å². The quantitative estimate of drug-likeness (QED) is 0.864. The maximum absolute atomic E-state index is 12.4. The van der Waals surface area contributed by atoms with Crippen molar-refractivity contribution in [2.24, 2.45) is 0 Å². The molecule has 0 bridgehead atoms. The third kappa shape index (κ3) is 2.59. The number of carbonyl (C=O) groups is 1. The van der Waals surface area contributed by atoms with Gasteiger partial charge < -0.3 is 14.8 Å². The van der Waals surface area contributed by atoms with Gasteiger partial charge in [-0.3, -0.25) is 4.79 Å². The second kappa shape index (κ2) is 5.72. The van der Waals surface area contributed by atoms with Crippen LogP contribution in [0.1, 0.15) is 10.4 Å². The summed E-state index contributed by atoms with van der Waals surface area (Å²) in [6.45, 7) is 3.01. The van der Waals surface area contributed by atoms with Gasteiger partial charge in [-0.1, -0.05) is 12.2 Å². The Kier molecular flexibility index (Phi) is 3.79. The van der Waals surface area contributed by atoms with Gasteiger partial charge in [-0.05, 0) is 12.1 Å². The lowest BCUT2D eigenvalue weighted by Crippen LogP contribution is -2.48. The van der Waals surface area contributed by atoms with Crippen molar-refractivity contribution >= 4 is 34.6 Å². The summed E-state index contributed by atoms with van der Waals surface area (Å²) in [5.41, 5.74) is 0.574. The highest BCUT2D eigenvalue weighted by atomic mass is 32.1. The average Bonchev–Trinajstić information content (AvgIpc) is 3.01. The molecule has 0 aliphatic carbocycles. The van der Waals surface area contributed by atoms with E-state index < -0.39 is 0 Å². The first-order valence-corrected chi connectivity index (χ1v) is 7.66. The lowest BCUT2D eigenvalue weighted by atomic mass is 10.2. The van der Waals surface area contributed by atoms with Gasteiger partial charge >= 0.3 is 0 Å². The Balaban J connectivity index is 1.68. The van der Waals surface area contributed by atoms with Crippen molar-refractivity contribution in [1.82, 2.24) is 14.9 Å². The standard InChI is InChI=1S/C13H14N4OS2/c18-12(10-2-1-3-14-11(10)19)16-5-7-17(8-6-16)13-15-4-9-20-13/h1-4,9H,5-8H2,(H,14,19). The number of carbonyl (C=O) groups excluding carboxylic acids is 1. The number of hydrogen-bond acceptors (Lipinski definition) is 5. The number of nitrogens with one attached hydrogen (secondary N) is 1. The molecular weight excluding hydrogens is 292 g/mol. The monoisotopic (exact) mass is 306 g/mol. The lowest BCUT2D eigenvalue weighted by Gasteiger charge is -2.34. The molecule has 7 heteroatoms. The fourth-order valence-electron chi connectivity index (χ4n) is 2.23. The summed E-state index contributed by atoms with van der Waals surface area (Å²) in [4.78, 5) is 23.7. The molecule has 2 aromatic heterocycles. The number of H-pyrrole nitrogens is 1. The van der Waals surface area contributed by atoms with Crippen LogP contribution < -0.4 is 4.90 Å². The Bertz CT molecular complexity index is 644. The molecule has 0 aromatic carbocycles. The fourth-order valence-corrected chi connectivity index (χ4v) is 3.15. The summed E-state index contributed by atoms with van der Waals surface area (Å²) in [7, 11) is 0. The highest BCUT2D eigenvalue weighted by Gasteiger charge is 2.23. The molecular formula is C13H14N4OS2. The Morgan fingerprint density at radius 3 is 2.80 bits per heavy atom. The predicted molar refractivity (Wildman–Crippen MR) is 81.9 cm³/mol. The van der Waals surface area contributed by atoms with E-state index >= 15 is 0 Å². The van der Waals surface area contributed by atoms with Crippen molar-refractivity contribution in [2.75, 3.05) is 31.1 Å². The first-order chi connectivity index (χ1) is 9.75. The third-order valence-electron chi connectivity index (χ3n) is 3.31. The zero-order valence-corrected chi connectivity index (χ0v) is 12.4. The number of piperazine rings is 1. The van der Waals surface area contributed by atoms with Gasteiger partial charge in [0.25, 0.3) is 5.91 Å². The van der Waals surface area contributed by atoms with Crippen molar-refractivity contribution in [3.8, 4) is 0 Å². The fraction of sp³-hybridized carbons (Fsp3) is 0.308. The molecule has 0 atom stereocenters. The maximum atomic E-state index is 12.4. The van der Waals surface area contributed by atoms with Crippen LogP contribution in [0.4, 0.5) is 5.13 Å². The van der Waals surface area contributed by atoms with Crippen LogP contribution in [0.15, 0.2) is 29.9 Å².